The van der Waals surface area contributed by atoms with Crippen molar-refractivity contribution in [1.29, 1.82) is 5.26 Å². The maximum atomic E-state index is 13.4. The smallest absolute Gasteiger partial charge is 0.144 e. The van der Waals surface area contributed by atoms with Gasteiger partial charge >= 0.3 is 0 Å². The molecule has 0 spiro atoms. The van der Waals surface area contributed by atoms with Crippen LogP contribution in [0.3, 0.4) is 0 Å². The Morgan fingerprint density at radius 1 is 1.28 bits per heavy atom. The maximum absolute atomic E-state index is 13.4. The van der Waals surface area contributed by atoms with Crippen LogP contribution in [0.1, 0.15) is 37.7 Å². The Bertz CT molecular complexity index is 456. The minimum Gasteiger partial charge on any atom is -0.486 e. The van der Waals surface area contributed by atoms with E-state index in [0.717, 1.165) is 25.7 Å². The van der Waals surface area contributed by atoms with Gasteiger partial charge < -0.3 is 9.84 Å². The largest absolute Gasteiger partial charge is 0.486 e. The van der Waals surface area contributed by atoms with E-state index >= 15 is 0 Å². The monoisotopic (exact) mass is 249 g/mol. The van der Waals surface area contributed by atoms with E-state index < -0.39 is 11.9 Å². The summed E-state index contributed by atoms with van der Waals surface area (Å²) in [5.74, 6) is -0.360. The molecule has 0 aromatic heterocycles. The highest BCUT2D eigenvalue weighted by Gasteiger charge is 2.24. The Morgan fingerprint density at radius 3 is 2.83 bits per heavy atom. The second kappa shape index (κ2) is 5.83. The molecule has 1 N–H and O–H groups in total. The lowest BCUT2D eigenvalue weighted by molar-refractivity contribution is 0.0316. The molecule has 96 valence electrons. The molecular formula is C14H16FNO2. The zero-order valence-electron chi connectivity index (χ0n) is 10.1. The fraction of sp³-hybridized carbons (Fsp3) is 0.500. The molecule has 1 aliphatic carbocycles. The number of halogens is 1. The fourth-order valence-electron chi connectivity index (χ4n) is 2.27. The molecule has 4 heteroatoms. The van der Waals surface area contributed by atoms with Crippen LogP contribution in [0.25, 0.3) is 0 Å². The van der Waals surface area contributed by atoms with Gasteiger partial charge in [-0.3, -0.25) is 0 Å². The van der Waals surface area contributed by atoms with Crippen molar-refractivity contribution in [3.05, 3.63) is 29.6 Å². The summed E-state index contributed by atoms with van der Waals surface area (Å²) in [7, 11) is 0. The fourth-order valence-corrected chi connectivity index (χ4v) is 2.27. The van der Waals surface area contributed by atoms with Crippen LogP contribution in [0.15, 0.2) is 18.2 Å². The summed E-state index contributed by atoms with van der Waals surface area (Å²) < 4.78 is 19.1. The van der Waals surface area contributed by atoms with Gasteiger partial charge in [-0.15, -0.1) is 0 Å². The van der Waals surface area contributed by atoms with E-state index in [-0.39, 0.29) is 17.4 Å². The lowest BCUT2D eigenvalue weighted by Gasteiger charge is -2.22. The molecule has 0 bridgehead atoms. The number of benzene rings is 1. The van der Waals surface area contributed by atoms with Crippen molar-refractivity contribution in [2.24, 2.45) is 0 Å². The Kier molecular flexibility index (Phi) is 4.16. The first-order chi connectivity index (χ1) is 8.72. The van der Waals surface area contributed by atoms with Gasteiger partial charge in [-0.2, -0.15) is 5.26 Å². The highest BCUT2D eigenvalue weighted by molar-refractivity contribution is 5.43. The summed E-state index contributed by atoms with van der Waals surface area (Å²) in [6.07, 6.45) is 3.59. The SMILES string of the molecule is N#Cc1c(F)cccc1OC1CCCCCC1O. The van der Waals surface area contributed by atoms with Crippen LogP contribution in [0.5, 0.6) is 5.75 Å². The summed E-state index contributed by atoms with van der Waals surface area (Å²) in [6.45, 7) is 0. The summed E-state index contributed by atoms with van der Waals surface area (Å²) >= 11 is 0. The van der Waals surface area contributed by atoms with Gasteiger partial charge in [0, 0.05) is 0 Å². The van der Waals surface area contributed by atoms with Crippen molar-refractivity contribution in [2.45, 2.75) is 44.3 Å². The van der Waals surface area contributed by atoms with Gasteiger partial charge in [-0.1, -0.05) is 18.9 Å². The molecule has 0 amide bonds. The van der Waals surface area contributed by atoms with Crippen molar-refractivity contribution in [3.63, 3.8) is 0 Å². The van der Waals surface area contributed by atoms with E-state index in [0.29, 0.717) is 6.42 Å². The second-order valence-corrected chi connectivity index (χ2v) is 4.59. The van der Waals surface area contributed by atoms with Gasteiger partial charge in [0.15, 0.2) is 0 Å². The molecule has 1 fully saturated rings. The predicted molar refractivity (Wildman–Crippen MR) is 64.6 cm³/mol. The number of ether oxygens (including phenoxy) is 1. The van der Waals surface area contributed by atoms with Crippen LogP contribution in [-0.2, 0) is 0 Å². The van der Waals surface area contributed by atoms with Crippen molar-refractivity contribution in [1.82, 2.24) is 0 Å². The topological polar surface area (TPSA) is 53.2 Å². The van der Waals surface area contributed by atoms with E-state index in [9.17, 15) is 9.50 Å². The van der Waals surface area contributed by atoms with E-state index in [2.05, 4.69) is 0 Å². The quantitative estimate of drug-likeness (QED) is 0.820. The summed E-state index contributed by atoms with van der Waals surface area (Å²) in [4.78, 5) is 0. The molecule has 0 radical (unpaired) electrons. The zero-order valence-corrected chi connectivity index (χ0v) is 10.1. The first kappa shape index (κ1) is 12.8. The van der Waals surface area contributed by atoms with Crippen LogP contribution in [0, 0.1) is 17.1 Å². The molecule has 2 unspecified atom stereocenters. The van der Waals surface area contributed by atoms with Crippen LogP contribution >= 0.6 is 0 Å². The summed E-state index contributed by atoms with van der Waals surface area (Å²) in [5.41, 5.74) is -0.0889. The van der Waals surface area contributed by atoms with Crippen LogP contribution in [0.2, 0.25) is 0 Å². The number of hydrogen-bond acceptors (Lipinski definition) is 3. The molecular weight excluding hydrogens is 233 g/mol. The molecule has 2 atom stereocenters. The molecule has 1 aliphatic rings. The predicted octanol–water partition coefficient (Wildman–Crippen LogP) is 2.77. The van der Waals surface area contributed by atoms with Crippen LogP contribution in [0.4, 0.5) is 4.39 Å². The van der Waals surface area contributed by atoms with Gasteiger partial charge in [0.25, 0.3) is 0 Å². The Balaban J connectivity index is 2.18. The van der Waals surface area contributed by atoms with Gasteiger partial charge in [0.1, 0.15) is 29.3 Å². The molecule has 0 heterocycles. The lowest BCUT2D eigenvalue weighted by Crippen LogP contribution is -2.30. The van der Waals surface area contributed by atoms with Gasteiger partial charge in [-0.05, 0) is 31.4 Å². The van der Waals surface area contributed by atoms with Crippen LogP contribution < -0.4 is 4.74 Å². The second-order valence-electron chi connectivity index (χ2n) is 4.59. The molecule has 1 saturated carbocycles. The van der Waals surface area contributed by atoms with E-state index in [1.807, 2.05) is 0 Å². The summed E-state index contributed by atoms with van der Waals surface area (Å²) in [5, 5.41) is 18.9. The van der Waals surface area contributed by atoms with Gasteiger partial charge in [0.2, 0.25) is 0 Å². The zero-order chi connectivity index (χ0) is 13.0. The normalized spacial score (nSPS) is 24.1. The lowest BCUT2D eigenvalue weighted by atomic mass is 10.1. The first-order valence-electron chi connectivity index (χ1n) is 6.25. The number of hydrogen-bond donors (Lipinski definition) is 1. The van der Waals surface area contributed by atoms with Crippen LogP contribution in [-0.4, -0.2) is 17.3 Å². The molecule has 1 aromatic rings. The van der Waals surface area contributed by atoms with E-state index in [4.69, 9.17) is 10.00 Å². The standard InChI is InChI=1S/C14H16FNO2/c15-11-5-4-8-13(10(11)9-16)18-14-7-3-1-2-6-12(14)17/h4-5,8,12,14,17H,1-3,6-7H2. The maximum Gasteiger partial charge on any atom is 0.144 e. The Labute approximate surface area is 106 Å². The van der Waals surface area contributed by atoms with Crippen molar-refractivity contribution in [2.75, 3.05) is 0 Å². The molecule has 0 aliphatic heterocycles. The van der Waals surface area contributed by atoms with Gasteiger partial charge in [0.05, 0.1) is 6.10 Å². The van der Waals surface area contributed by atoms with E-state index in [1.165, 1.54) is 12.1 Å². The van der Waals surface area contributed by atoms with Crippen molar-refractivity contribution < 1.29 is 14.2 Å². The number of rotatable bonds is 2. The molecule has 2 rings (SSSR count). The molecule has 1 aromatic carbocycles. The number of nitrogens with zero attached hydrogens (tertiary/aromatic N) is 1. The number of aliphatic hydroxyl groups excluding tert-OH is 1. The third-order valence-corrected chi connectivity index (χ3v) is 3.28. The van der Waals surface area contributed by atoms with Crippen molar-refractivity contribution in [3.8, 4) is 11.8 Å². The average Bonchev–Trinajstić information content (AvgIpc) is 2.55. The third-order valence-electron chi connectivity index (χ3n) is 3.28. The average molecular weight is 249 g/mol. The molecule has 0 saturated heterocycles. The Morgan fingerprint density at radius 2 is 2.06 bits per heavy atom. The third kappa shape index (κ3) is 2.80. The highest BCUT2D eigenvalue weighted by atomic mass is 19.1. The van der Waals surface area contributed by atoms with E-state index in [1.54, 1.807) is 12.1 Å². The Hall–Kier alpha value is -1.60. The molecule has 18 heavy (non-hydrogen) atoms. The van der Waals surface area contributed by atoms with Gasteiger partial charge in [-0.25, -0.2) is 4.39 Å². The van der Waals surface area contributed by atoms with Crippen molar-refractivity contribution >= 4 is 0 Å². The highest BCUT2D eigenvalue weighted by Crippen LogP contribution is 2.26. The molecule has 3 nitrogen and oxygen atoms in total. The minimum absolute atomic E-state index is 0.0889. The number of aliphatic hydroxyl groups is 1. The first-order valence-corrected chi connectivity index (χ1v) is 6.25. The minimum atomic E-state index is -0.585. The number of nitriles is 1. The summed E-state index contributed by atoms with van der Waals surface area (Å²) in [6, 6.07) is 6.11.